The van der Waals surface area contributed by atoms with Crippen LogP contribution in [0.1, 0.15) is 12.0 Å². The number of thiocarbonyl (C=S) groups is 1. The number of benzene rings is 1. The number of rotatable bonds is 5. The van der Waals surface area contributed by atoms with E-state index in [0.717, 1.165) is 17.9 Å². The SMILES string of the molecule is O=C(CCN1C(=O)C(=CC=Cc2ccccc2)SC1=S)NC1=NCCS1. The summed E-state index contributed by atoms with van der Waals surface area (Å²) in [5, 5.41) is 3.41. The maximum Gasteiger partial charge on any atom is 0.266 e. The zero-order valence-corrected chi connectivity index (χ0v) is 16.3. The highest BCUT2D eigenvalue weighted by molar-refractivity contribution is 8.26. The Morgan fingerprint density at radius 1 is 1.35 bits per heavy atom. The fraction of sp³-hybridized carbons (Fsp3) is 0.222. The first kappa shape index (κ1) is 18.9. The molecule has 0 unspecified atom stereocenters. The van der Waals surface area contributed by atoms with E-state index in [4.69, 9.17) is 12.2 Å². The third-order valence-corrected chi connectivity index (χ3v) is 5.89. The number of amides is 2. The summed E-state index contributed by atoms with van der Waals surface area (Å²) in [6.45, 7) is 1.00. The Balaban J connectivity index is 1.54. The number of hydrogen-bond donors (Lipinski definition) is 1. The van der Waals surface area contributed by atoms with Crippen LogP contribution in [0.4, 0.5) is 0 Å². The second-order valence-corrected chi connectivity index (χ2v) is 8.22. The van der Waals surface area contributed by atoms with Crippen LogP contribution in [0.15, 0.2) is 52.4 Å². The second-order valence-electron chi connectivity index (χ2n) is 5.46. The van der Waals surface area contributed by atoms with Gasteiger partial charge in [0, 0.05) is 18.7 Å². The van der Waals surface area contributed by atoms with Crippen molar-refractivity contribution in [1.82, 2.24) is 10.2 Å². The molecular weight excluding hydrogens is 386 g/mol. The van der Waals surface area contributed by atoms with Gasteiger partial charge in [0.1, 0.15) is 4.32 Å². The molecule has 1 aromatic rings. The van der Waals surface area contributed by atoms with Crippen molar-refractivity contribution in [2.24, 2.45) is 4.99 Å². The van der Waals surface area contributed by atoms with Gasteiger partial charge in [-0.1, -0.05) is 78.2 Å². The molecule has 134 valence electrons. The van der Waals surface area contributed by atoms with E-state index in [1.165, 1.54) is 28.4 Å². The Kier molecular flexibility index (Phi) is 6.65. The molecule has 0 saturated carbocycles. The fourth-order valence-electron chi connectivity index (χ4n) is 2.32. The summed E-state index contributed by atoms with van der Waals surface area (Å²) in [5.41, 5.74) is 1.06. The first-order valence-electron chi connectivity index (χ1n) is 8.07. The fourth-order valence-corrected chi connectivity index (χ4v) is 4.33. The van der Waals surface area contributed by atoms with E-state index >= 15 is 0 Å². The lowest BCUT2D eigenvalue weighted by Crippen LogP contribution is -2.34. The topological polar surface area (TPSA) is 61.8 Å². The summed E-state index contributed by atoms with van der Waals surface area (Å²) in [6.07, 6.45) is 5.72. The Morgan fingerprint density at radius 3 is 2.88 bits per heavy atom. The molecule has 1 fully saturated rings. The molecule has 2 heterocycles. The molecule has 1 N–H and O–H groups in total. The average Bonchev–Trinajstić information content (AvgIpc) is 3.23. The molecule has 1 aromatic carbocycles. The van der Waals surface area contributed by atoms with E-state index in [2.05, 4.69) is 10.3 Å². The van der Waals surface area contributed by atoms with E-state index in [1.54, 1.807) is 6.08 Å². The molecule has 0 bridgehead atoms. The van der Waals surface area contributed by atoms with Gasteiger partial charge < -0.3 is 5.32 Å². The van der Waals surface area contributed by atoms with Gasteiger partial charge in [-0.3, -0.25) is 19.5 Å². The van der Waals surface area contributed by atoms with Gasteiger partial charge in [0.2, 0.25) is 5.91 Å². The van der Waals surface area contributed by atoms with E-state index in [1.807, 2.05) is 42.5 Å². The summed E-state index contributed by atoms with van der Waals surface area (Å²) in [7, 11) is 0. The Bertz CT molecular complexity index is 803. The molecule has 2 aliphatic heterocycles. The highest BCUT2D eigenvalue weighted by atomic mass is 32.2. The van der Waals surface area contributed by atoms with Crippen LogP contribution in [-0.4, -0.2) is 45.0 Å². The molecule has 0 radical (unpaired) electrons. The lowest BCUT2D eigenvalue weighted by atomic mass is 10.2. The average molecular weight is 404 g/mol. The molecular formula is C18H17N3O2S3. The van der Waals surface area contributed by atoms with Gasteiger partial charge in [0.05, 0.1) is 11.4 Å². The Hall–Kier alpha value is -1.90. The number of nitrogens with zero attached hydrogens (tertiary/aromatic N) is 2. The number of aliphatic imine (C=N–C) groups is 1. The number of allylic oxidation sites excluding steroid dienone is 2. The second kappa shape index (κ2) is 9.16. The van der Waals surface area contributed by atoms with Gasteiger partial charge in [0.15, 0.2) is 5.17 Å². The number of thioether (sulfide) groups is 2. The van der Waals surface area contributed by atoms with Gasteiger partial charge in [-0.15, -0.1) is 0 Å². The molecule has 0 aromatic heterocycles. The Labute approximate surface area is 166 Å². The minimum atomic E-state index is -0.155. The van der Waals surface area contributed by atoms with Crippen LogP contribution in [0.25, 0.3) is 6.08 Å². The molecule has 8 heteroatoms. The molecule has 26 heavy (non-hydrogen) atoms. The minimum absolute atomic E-state index is 0.153. The summed E-state index contributed by atoms with van der Waals surface area (Å²) in [6, 6.07) is 9.85. The van der Waals surface area contributed by atoms with Gasteiger partial charge in [0.25, 0.3) is 5.91 Å². The van der Waals surface area contributed by atoms with Crippen LogP contribution in [0, 0.1) is 0 Å². The van der Waals surface area contributed by atoms with Crippen molar-refractivity contribution in [2.75, 3.05) is 18.8 Å². The van der Waals surface area contributed by atoms with Crippen LogP contribution in [0.5, 0.6) is 0 Å². The van der Waals surface area contributed by atoms with Crippen molar-refractivity contribution in [3.05, 3.63) is 53.0 Å². The predicted octanol–water partition coefficient (Wildman–Crippen LogP) is 3.05. The van der Waals surface area contributed by atoms with Crippen molar-refractivity contribution in [3.8, 4) is 0 Å². The smallest absolute Gasteiger partial charge is 0.266 e. The summed E-state index contributed by atoms with van der Waals surface area (Å²) < 4.78 is 0.481. The van der Waals surface area contributed by atoms with Crippen LogP contribution in [0.2, 0.25) is 0 Å². The zero-order valence-electron chi connectivity index (χ0n) is 13.9. The molecule has 0 atom stereocenters. The van der Waals surface area contributed by atoms with Crippen molar-refractivity contribution in [3.63, 3.8) is 0 Å². The van der Waals surface area contributed by atoms with Crippen LogP contribution >= 0.6 is 35.7 Å². The number of carbonyl (C=O) groups excluding carboxylic acids is 2. The molecule has 3 rings (SSSR count). The summed E-state index contributed by atoms with van der Waals surface area (Å²) in [4.78, 5) is 30.7. The van der Waals surface area contributed by atoms with E-state index in [-0.39, 0.29) is 24.8 Å². The largest absolute Gasteiger partial charge is 0.305 e. The maximum absolute atomic E-state index is 12.5. The number of nitrogens with one attached hydrogen (secondary N) is 1. The van der Waals surface area contributed by atoms with Crippen molar-refractivity contribution < 1.29 is 9.59 Å². The summed E-state index contributed by atoms with van der Waals surface area (Å²) in [5.74, 6) is 0.587. The lowest BCUT2D eigenvalue weighted by Gasteiger charge is -2.13. The molecule has 2 aliphatic rings. The van der Waals surface area contributed by atoms with Gasteiger partial charge in [-0.05, 0) is 11.6 Å². The number of hydrogen-bond acceptors (Lipinski definition) is 6. The monoisotopic (exact) mass is 403 g/mol. The van der Waals surface area contributed by atoms with Crippen LogP contribution in [0.3, 0.4) is 0 Å². The molecule has 0 spiro atoms. The zero-order chi connectivity index (χ0) is 18.4. The van der Waals surface area contributed by atoms with Gasteiger partial charge >= 0.3 is 0 Å². The Morgan fingerprint density at radius 2 is 2.15 bits per heavy atom. The van der Waals surface area contributed by atoms with Crippen LogP contribution in [-0.2, 0) is 9.59 Å². The molecule has 1 saturated heterocycles. The van der Waals surface area contributed by atoms with E-state index < -0.39 is 0 Å². The quantitative estimate of drug-likeness (QED) is 0.605. The van der Waals surface area contributed by atoms with Crippen molar-refractivity contribution in [1.29, 1.82) is 0 Å². The predicted molar refractivity (Wildman–Crippen MR) is 113 cm³/mol. The lowest BCUT2D eigenvalue weighted by molar-refractivity contribution is -0.123. The molecule has 5 nitrogen and oxygen atoms in total. The van der Waals surface area contributed by atoms with Gasteiger partial charge in [-0.25, -0.2) is 0 Å². The molecule has 0 aliphatic carbocycles. The summed E-state index contributed by atoms with van der Waals surface area (Å²) >= 11 is 8.07. The van der Waals surface area contributed by atoms with Crippen LogP contribution < -0.4 is 5.32 Å². The highest BCUT2D eigenvalue weighted by Gasteiger charge is 2.31. The first-order valence-corrected chi connectivity index (χ1v) is 10.3. The van der Waals surface area contributed by atoms with E-state index in [9.17, 15) is 9.59 Å². The van der Waals surface area contributed by atoms with Crippen molar-refractivity contribution in [2.45, 2.75) is 6.42 Å². The van der Waals surface area contributed by atoms with Crippen molar-refractivity contribution >= 4 is 63.1 Å². The van der Waals surface area contributed by atoms with E-state index in [0.29, 0.717) is 14.4 Å². The third kappa shape index (κ3) is 5.06. The van der Waals surface area contributed by atoms with Gasteiger partial charge in [-0.2, -0.15) is 0 Å². The standard InChI is InChI=1S/C18H17N3O2S3/c22-15(20-17-19-10-12-25-17)9-11-21-16(23)14(26-18(21)24)8-4-7-13-5-2-1-3-6-13/h1-8H,9-12H2,(H,19,20,22). The highest BCUT2D eigenvalue weighted by Crippen LogP contribution is 2.31. The third-order valence-electron chi connectivity index (χ3n) is 3.60. The maximum atomic E-state index is 12.5. The number of amidine groups is 1. The normalized spacial score (nSPS) is 18.8. The molecule has 2 amide bonds. The first-order chi connectivity index (χ1) is 12.6. The number of carbonyl (C=O) groups is 2. The minimum Gasteiger partial charge on any atom is -0.305 e.